The molecule has 0 aliphatic carbocycles. The molecule has 0 saturated carbocycles. The molecule has 0 radical (unpaired) electrons. The number of aromatic amines is 1. The fourth-order valence-corrected chi connectivity index (χ4v) is 3.32. The van der Waals surface area contributed by atoms with E-state index in [1.807, 2.05) is 13.8 Å². The Hall–Kier alpha value is -0.590. The summed E-state index contributed by atoms with van der Waals surface area (Å²) in [6.45, 7) is 5.47. The average molecular weight is 280 g/mol. The molecule has 0 aliphatic heterocycles. The highest BCUT2D eigenvalue weighted by molar-refractivity contribution is 7.89. The molecule has 5 nitrogen and oxygen atoms in total. The van der Waals surface area contributed by atoms with E-state index in [1.165, 1.54) is 6.20 Å². The highest BCUT2D eigenvalue weighted by atomic mass is 35.5. The number of imidazole rings is 1. The number of H-pyrrole nitrogens is 1. The first-order chi connectivity index (χ1) is 7.83. The lowest BCUT2D eigenvalue weighted by Crippen LogP contribution is -2.45. The van der Waals surface area contributed by atoms with Gasteiger partial charge in [-0.2, -0.15) is 0 Å². The zero-order valence-electron chi connectivity index (χ0n) is 10.2. The second kappa shape index (κ2) is 5.37. The number of nitrogens with one attached hydrogen (secondary N) is 2. The smallest absolute Gasteiger partial charge is 0.258 e. The quantitative estimate of drug-likeness (QED) is 0.780. The Kier molecular flexibility index (Phi) is 4.57. The van der Waals surface area contributed by atoms with Crippen molar-refractivity contribution in [2.45, 2.75) is 44.2 Å². The SMILES string of the molecule is CCC(C)(CCCl)NS(=O)(=O)c1cnc(C)[nH]1. The number of aryl methyl sites for hydroxylation is 1. The van der Waals surface area contributed by atoms with Gasteiger partial charge in [0.1, 0.15) is 5.82 Å². The third-order valence-corrected chi connectivity index (χ3v) is 4.51. The summed E-state index contributed by atoms with van der Waals surface area (Å²) in [6, 6.07) is 0. The Morgan fingerprint density at radius 1 is 1.59 bits per heavy atom. The van der Waals surface area contributed by atoms with Crippen LogP contribution in [-0.4, -0.2) is 29.8 Å². The Morgan fingerprint density at radius 2 is 2.24 bits per heavy atom. The maximum atomic E-state index is 12.1. The van der Waals surface area contributed by atoms with E-state index in [0.717, 1.165) is 0 Å². The van der Waals surface area contributed by atoms with Crippen molar-refractivity contribution in [2.24, 2.45) is 0 Å². The number of hydrogen-bond donors (Lipinski definition) is 2. The van der Waals surface area contributed by atoms with Crippen LogP contribution in [0.25, 0.3) is 0 Å². The van der Waals surface area contributed by atoms with Crippen LogP contribution in [0.5, 0.6) is 0 Å². The van der Waals surface area contributed by atoms with Gasteiger partial charge in [0.05, 0.1) is 6.20 Å². The first kappa shape index (κ1) is 14.5. The highest BCUT2D eigenvalue weighted by Crippen LogP contribution is 2.19. The van der Waals surface area contributed by atoms with Gasteiger partial charge in [-0.3, -0.25) is 0 Å². The van der Waals surface area contributed by atoms with Crippen molar-refractivity contribution in [3.05, 3.63) is 12.0 Å². The van der Waals surface area contributed by atoms with Gasteiger partial charge in [-0.25, -0.2) is 18.1 Å². The van der Waals surface area contributed by atoms with Crippen LogP contribution in [0, 0.1) is 6.92 Å². The van der Waals surface area contributed by atoms with Gasteiger partial charge < -0.3 is 4.98 Å². The Balaban J connectivity index is 2.93. The minimum Gasteiger partial charge on any atom is -0.332 e. The Bertz CT molecular complexity index is 472. The number of halogens is 1. The van der Waals surface area contributed by atoms with Gasteiger partial charge in [-0.1, -0.05) is 6.92 Å². The lowest BCUT2D eigenvalue weighted by Gasteiger charge is -2.28. The molecule has 2 N–H and O–H groups in total. The molecule has 0 aliphatic rings. The average Bonchev–Trinajstić information content (AvgIpc) is 2.65. The van der Waals surface area contributed by atoms with Crippen molar-refractivity contribution in [1.82, 2.24) is 14.7 Å². The summed E-state index contributed by atoms with van der Waals surface area (Å²) in [6.07, 6.45) is 2.57. The molecular weight excluding hydrogens is 262 g/mol. The van der Waals surface area contributed by atoms with Crippen LogP contribution in [0.3, 0.4) is 0 Å². The van der Waals surface area contributed by atoms with Crippen LogP contribution in [0.15, 0.2) is 11.2 Å². The van der Waals surface area contributed by atoms with Gasteiger partial charge in [0.25, 0.3) is 10.0 Å². The van der Waals surface area contributed by atoms with E-state index in [2.05, 4.69) is 14.7 Å². The van der Waals surface area contributed by atoms with E-state index in [0.29, 0.717) is 24.5 Å². The fourth-order valence-electron chi connectivity index (χ4n) is 1.42. The standard InChI is InChI=1S/C10H18ClN3O2S/c1-4-10(3,5-6-11)14-17(15,16)9-7-12-8(2)13-9/h7,14H,4-6H2,1-3H3,(H,12,13). The van der Waals surface area contributed by atoms with Crippen LogP contribution in [-0.2, 0) is 10.0 Å². The predicted molar refractivity (Wildman–Crippen MR) is 67.7 cm³/mol. The molecule has 1 aromatic rings. The van der Waals surface area contributed by atoms with Gasteiger partial charge >= 0.3 is 0 Å². The Labute approximate surface area is 107 Å². The molecule has 98 valence electrons. The van der Waals surface area contributed by atoms with Crippen LogP contribution in [0.1, 0.15) is 32.5 Å². The fraction of sp³-hybridized carbons (Fsp3) is 0.700. The van der Waals surface area contributed by atoms with Crippen molar-refractivity contribution in [2.75, 3.05) is 5.88 Å². The number of aromatic nitrogens is 2. The summed E-state index contributed by atoms with van der Waals surface area (Å²) < 4.78 is 26.8. The minimum atomic E-state index is -3.56. The summed E-state index contributed by atoms with van der Waals surface area (Å²) in [5.41, 5.74) is -0.528. The molecule has 1 atom stereocenters. The van der Waals surface area contributed by atoms with E-state index in [4.69, 9.17) is 11.6 Å². The molecule has 1 rings (SSSR count). The molecule has 0 amide bonds. The first-order valence-electron chi connectivity index (χ1n) is 5.44. The maximum absolute atomic E-state index is 12.1. The van der Waals surface area contributed by atoms with Crippen molar-refractivity contribution in [3.63, 3.8) is 0 Å². The zero-order valence-corrected chi connectivity index (χ0v) is 11.8. The van der Waals surface area contributed by atoms with Crippen molar-refractivity contribution >= 4 is 21.6 Å². The molecule has 17 heavy (non-hydrogen) atoms. The van der Waals surface area contributed by atoms with Crippen LogP contribution >= 0.6 is 11.6 Å². The summed E-state index contributed by atoms with van der Waals surface area (Å²) in [5.74, 6) is 0.982. The second-order valence-corrected chi connectivity index (χ2v) is 6.32. The topological polar surface area (TPSA) is 74.8 Å². The molecule has 0 aromatic carbocycles. The monoisotopic (exact) mass is 279 g/mol. The van der Waals surface area contributed by atoms with Crippen molar-refractivity contribution in [3.8, 4) is 0 Å². The summed E-state index contributed by atoms with van der Waals surface area (Å²) in [7, 11) is -3.56. The van der Waals surface area contributed by atoms with Crippen molar-refractivity contribution in [1.29, 1.82) is 0 Å². The normalized spacial score (nSPS) is 15.8. The van der Waals surface area contributed by atoms with E-state index < -0.39 is 15.6 Å². The highest BCUT2D eigenvalue weighted by Gasteiger charge is 2.29. The van der Waals surface area contributed by atoms with Crippen LogP contribution < -0.4 is 4.72 Å². The van der Waals surface area contributed by atoms with Gasteiger partial charge in [-0.05, 0) is 26.7 Å². The van der Waals surface area contributed by atoms with Crippen LogP contribution in [0.2, 0.25) is 0 Å². The molecule has 1 heterocycles. The maximum Gasteiger partial charge on any atom is 0.258 e. The molecular formula is C10H18ClN3O2S. The third-order valence-electron chi connectivity index (χ3n) is 2.78. The summed E-state index contributed by atoms with van der Waals surface area (Å²) in [5, 5.41) is 0.0873. The van der Waals surface area contributed by atoms with E-state index in [9.17, 15) is 8.42 Å². The molecule has 7 heteroatoms. The number of sulfonamides is 1. The number of hydrogen-bond acceptors (Lipinski definition) is 3. The first-order valence-corrected chi connectivity index (χ1v) is 7.46. The Morgan fingerprint density at radius 3 is 2.65 bits per heavy atom. The lowest BCUT2D eigenvalue weighted by molar-refractivity contribution is 0.390. The number of rotatable bonds is 6. The van der Waals surface area contributed by atoms with Gasteiger partial charge in [-0.15, -0.1) is 11.6 Å². The van der Waals surface area contributed by atoms with E-state index in [-0.39, 0.29) is 5.03 Å². The molecule has 1 aromatic heterocycles. The van der Waals surface area contributed by atoms with E-state index >= 15 is 0 Å². The van der Waals surface area contributed by atoms with Crippen molar-refractivity contribution < 1.29 is 8.42 Å². The largest absolute Gasteiger partial charge is 0.332 e. The van der Waals surface area contributed by atoms with Gasteiger partial charge in [0.15, 0.2) is 5.03 Å². The third kappa shape index (κ3) is 3.69. The minimum absolute atomic E-state index is 0.0873. The van der Waals surface area contributed by atoms with Gasteiger partial charge in [0, 0.05) is 11.4 Å². The van der Waals surface area contributed by atoms with E-state index in [1.54, 1.807) is 6.92 Å². The molecule has 1 unspecified atom stereocenters. The number of nitrogens with zero attached hydrogens (tertiary/aromatic N) is 1. The lowest BCUT2D eigenvalue weighted by atomic mass is 9.97. The predicted octanol–water partition coefficient (Wildman–Crippen LogP) is 1.79. The second-order valence-electron chi connectivity index (χ2n) is 4.29. The molecule has 0 bridgehead atoms. The number of alkyl halides is 1. The molecule has 0 fully saturated rings. The summed E-state index contributed by atoms with van der Waals surface area (Å²) >= 11 is 5.69. The van der Waals surface area contributed by atoms with Crippen LogP contribution in [0.4, 0.5) is 0 Å². The summed E-state index contributed by atoms with van der Waals surface area (Å²) in [4.78, 5) is 6.59. The molecule has 0 spiro atoms. The zero-order chi connectivity index (χ0) is 13.1. The molecule has 0 saturated heterocycles. The van der Waals surface area contributed by atoms with Gasteiger partial charge in [0.2, 0.25) is 0 Å².